The Morgan fingerprint density at radius 2 is 1.70 bits per heavy atom. The van der Waals surface area contributed by atoms with Crippen LogP contribution in [0.15, 0.2) is 60.7 Å². The van der Waals surface area contributed by atoms with E-state index in [-0.39, 0.29) is 12.5 Å². The van der Waals surface area contributed by atoms with Crippen LogP contribution < -0.4 is 15.4 Å². The highest BCUT2D eigenvalue weighted by atomic mass is 16.6. The Hall–Kier alpha value is -3.02. The van der Waals surface area contributed by atoms with Crippen LogP contribution in [0.25, 0.3) is 0 Å². The van der Waals surface area contributed by atoms with Gasteiger partial charge in [-0.05, 0) is 17.7 Å². The van der Waals surface area contributed by atoms with Crippen LogP contribution in [-0.2, 0) is 16.1 Å². The molecule has 118 valence electrons. The second-order valence-electron chi connectivity index (χ2n) is 5.04. The lowest BCUT2D eigenvalue weighted by Crippen LogP contribution is -2.71. The van der Waals surface area contributed by atoms with Gasteiger partial charge in [0, 0.05) is 0 Å². The highest BCUT2D eigenvalue weighted by Gasteiger charge is 2.42. The molecule has 2 aromatic rings. The molecule has 1 saturated heterocycles. The Bertz CT molecular complexity index is 676. The number of rotatable bonds is 5. The van der Waals surface area contributed by atoms with Crippen LogP contribution in [0.5, 0.6) is 5.75 Å². The molecule has 3 rings (SSSR count). The first-order chi connectivity index (χ1) is 11.2. The molecule has 0 aliphatic carbocycles. The molecule has 6 nitrogen and oxygen atoms in total. The molecule has 0 bridgehead atoms. The van der Waals surface area contributed by atoms with Crippen molar-refractivity contribution in [2.24, 2.45) is 0 Å². The fourth-order valence-corrected chi connectivity index (χ4v) is 2.13. The maximum atomic E-state index is 11.8. The third-order valence-electron chi connectivity index (χ3n) is 3.36. The average molecular weight is 312 g/mol. The SMILES string of the molecule is O=C(N[C@@H]1C(=O)N[C@@H]1Oc1ccccc1)OCc1ccccc1. The first-order valence-corrected chi connectivity index (χ1v) is 7.22. The first-order valence-electron chi connectivity index (χ1n) is 7.22. The van der Waals surface area contributed by atoms with Crippen molar-refractivity contribution in [3.8, 4) is 5.75 Å². The number of hydrogen-bond acceptors (Lipinski definition) is 4. The minimum absolute atomic E-state index is 0.144. The predicted molar refractivity (Wildman–Crippen MR) is 82.6 cm³/mol. The van der Waals surface area contributed by atoms with E-state index in [0.717, 1.165) is 5.56 Å². The van der Waals surface area contributed by atoms with E-state index in [1.807, 2.05) is 48.5 Å². The molecular formula is C17H16N2O4. The molecule has 2 aromatic carbocycles. The number of β-lactam (4-membered cyclic amide) rings is 1. The van der Waals surface area contributed by atoms with E-state index in [1.165, 1.54) is 0 Å². The summed E-state index contributed by atoms with van der Waals surface area (Å²) in [6, 6.07) is 17.6. The molecule has 23 heavy (non-hydrogen) atoms. The standard InChI is InChI=1S/C17H16N2O4/c20-15-14(16(19-15)23-13-9-5-2-6-10-13)18-17(21)22-11-12-7-3-1-4-8-12/h1-10,14,16H,11H2,(H,18,21)(H,19,20)/t14-,16-/m1/s1. The van der Waals surface area contributed by atoms with Crippen molar-refractivity contribution in [2.45, 2.75) is 18.9 Å². The molecule has 2 N–H and O–H groups in total. The Morgan fingerprint density at radius 1 is 1.04 bits per heavy atom. The van der Waals surface area contributed by atoms with Gasteiger partial charge < -0.3 is 20.1 Å². The summed E-state index contributed by atoms with van der Waals surface area (Å²) in [5.74, 6) is 0.310. The van der Waals surface area contributed by atoms with E-state index in [1.54, 1.807) is 12.1 Å². The fourth-order valence-electron chi connectivity index (χ4n) is 2.13. The molecule has 1 fully saturated rings. The molecule has 2 amide bonds. The summed E-state index contributed by atoms with van der Waals surface area (Å²) < 4.78 is 10.7. The minimum Gasteiger partial charge on any atom is -0.468 e. The first kappa shape index (κ1) is 14.9. The molecule has 6 heteroatoms. The zero-order valence-electron chi connectivity index (χ0n) is 12.3. The second kappa shape index (κ2) is 6.83. The van der Waals surface area contributed by atoms with Gasteiger partial charge in [-0.15, -0.1) is 0 Å². The highest BCUT2D eigenvalue weighted by Crippen LogP contribution is 2.16. The summed E-state index contributed by atoms with van der Waals surface area (Å²) in [4.78, 5) is 23.4. The van der Waals surface area contributed by atoms with Gasteiger partial charge in [0.1, 0.15) is 12.4 Å². The fraction of sp³-hybridized carbons (Fsp3) is 0.176. The summed E-state index contributed by atoms with van der Waals surface area (Å²) >= 11 is 0. The largest absolute Gasteiger partial charge is 0.468 e. The smallest absolute Gasteiger partial charge is 0.408 e. The van der Waals surface area contributed by atoms with Gasteiger partial charge in [-0.2, -0.15) is 0 Å². The van der Waals surface area contributed by atoms with E-state index in [2.05, 4.69) is 10.6 Å². The average Bonchev–Trinajstić information content (AvgIpc) is 2.59. The van der Waals surface area contributed by atoms with Crippen molar-refractivity contribution in [1.29, 1.82) is 0 Å². The number of alkyl carbamates (subject to hydrolysis) is 1. The summed E-state index contributed by atoms with van der Waals surface area (Å²) in [5.41, 5.74) is 0.873. The number of amides is 2. The maximum absolute atomic E-state index is 11.8. The van der Waals surface area contributed by atoms with E-state index in [4.69, 9.17) is 9.47 Å². The van der Waals surface area contributed by atoms with Crippen molar-refractivity contribution in [2.75, 3.05) is 0 Å². The van der Waals surface area contributed by atoms with Crippen LogP contribution >= 0.6 is 0 Å². The monoisotopic (exact) mass is 312 g/mol. The summed E-state index contributed by atoms with van der Waals surface area (Å²) in [6.45, 7) is 0.144. The van der Waals surface area contributed by atoms with Gasteiger partial charge in [0.15, 0.2) is 6.04 Å². The van der Waals surface area contributed by atoms with E-state index < -0.39 is 18.4 Å². The van der Waals surface area contributed by atoms with E-state index >= 15 is 0 Å². The third kappa shape index (κ3) is 3.79. The van der Waals surface area contributed by atoms with Crippen LogP contribution in [0, 0.1) is 0 Å². The van der Waals surface area contributed by atoms with Gasteiger partial charge in [-0.1, -0.05) is 48.5 Å². The van der Waals surface area contributed by atoms with Crippen molar-refractivity contribution >= 4 is 12.0 Å². The third-order valence-corrected chi connectivity index (χ3v) is 3.36. The van der Waals surface area contributed by atoms with E-state index in [9.17, 15) is 9.59 Å². The number of carbonyl (C=O) groups is 2. The van der Waals surface area contributed by atoms with Crippen LogP contribution in [-0.4, -0.2) is 24.3 Å². The van der Waals surface area contributed by atoms with Crippen LogP contribution in [0.3, 0.4) is 0 Å². The van der Waals surface area contributed by atoms with Gasteiger partial charge in [0.2, 0.25) is 6.23 Å². The minimum atomic E-state index is -0.765. The molecule has 0 spiro atoms. The molecule has 1 heterocycles. The number of ether oxygens (including phenoxy) is 2. The van der Waals surface area contributed by atoms with Gasteiger partial charge in [-0.25, -0.2) is 4.79 Å². The summed E-state index contributed by atoms with van der Waals surface area (Å²) in [5, 5.41) is 5.10. The molecule has 0 radical (unpaired) electrons. The Kier molecular flexibility index (Phi) is 4.42. The van der Waals surface area contributed by atoms with Gasteiger partial charge in [0.05, 0.1) is 0 Å². The summed E-state index contributed by atoms with van der Waals surface area (Å²) in [7, 11) is 0. The predicted octanol–water partition coefficient (Wildman–Crippen LogP) is 1.82. The van der Waals surface area contributed by atoms with Gasteiger partial charge >= 0.3 is 6.09 Å². The van der Waals surface area contributed by atoms with Crippen LogP contribution in [0.1, 0.15) is 5.56 Å². The van der Waals surface area contributed by atoms with Crippen molar-refractivity contribution < 1.29 is 19.1 Å². The number of benzene rings is 2. The number of nitrogens with one attached hydrogen (secondary N) is 2. The number of carbonyl (C=O) groups excluding carboxylic acids is 2. The molecular weight excluding hydrogens is 296 g/mol. The van der Waals surface area contributed by atoms with Gasteiger partial charge in [0.25, 0.3) is 5.91 Å². The quantitative estimate of drug-likeness (QED) is 0.826. The number of hydrogen-bond donors (Lipinski definition) is 2. The lowest BCUT2D eigenvalue weighted by atomic mass is 10.1. The van der Waals surface area contributed by atoms with Crippen LogP contribution in [0.4, 0.5) is 4.79 Å². The Morgan fingerprint density at radius 3 is 2.35 bits per heavy atom. The van der Waals surface area contributed by atoms with Crippen molar-refractivity contribution in [3.05, 3.63) is 66.2 Å². The van der Waals surface area contributed by atoms with Gasteiger partial charge in [-0.3, -0.25) is 4.79 Å². The lowest BCUT2D eigenvalue weighted by Gasteiger charge is -2.36. The zero-order chi connectivity index (χ0) is 16.1. The second-order valence-corrected chi connectivity index (χ2v) is 5.04. The number of para-hydroxylation sites is 1. The van der Waals surface area contributed by atoms with Crippen molar-refractivity contribution in [1.82, 2.24) is 10.6 Å². The molecule has 0 unspecified atom stereocenters. The summed E-state index contributed by atoms with van der Waals surface area (Å²) in [6.07, 6.45) is -1.26. The Labute approximate surface area is 133 Å². The normalized spacial score (nSPS) is 19.2. The van der Waals surface area contributed by atoms with Crippen LogP contribution in [0.2, 0.25) is 0 Å². The molecule has 2 atom stereocenters. The Balaban J connectivity index is 1.49. The zero-order valence-corrected chi connectivity index (χ0v) is 12.3. The topological polar surface area (TPSA) is 76.7 Å². The highest BCUT2D eigenvalue weighted by molar-refractivity contribution is 5.91. The molecule has 1 aliphatic rings. The molecule has 0 saturated carbocycles. The molecule has 1 aliphatic heterocycles. The maximum Gasteiger partial charge on any atom is 0.408 e. The van der Waals surface area contributed by atoms with Crippen molar-refractivity contribution in [3.63, 3.8) is 0 Å². The van der Waals surface area contributed by atoms with E-state index in [0.29, 0.717) is 5.75 Å². The molecule has 0 aromatic heterocycles. The lowest BCUT2D eigenvalue weighted by molar-refractivity contribution is -0.139.